The van der Waals surface area contributed by atoms with Gasteiger partial charge in [0.05, 0.1) is 18.4 Å². The summed E-state index contributed by atoms with van der Waals surface area (Å²) in [6, 6.07) is 13.3. The van der Waals surface area contributed by atoms with Gasteiger partial charge in [-0.05, 0) is 47.4 Å². The molecule has 3 aromatic rings. The summed E-state index contributed by atoms with van der Waals surface area (Å²) >= 11 is 0. The molecule has 0 spiro atoms. The zero-order valence-electron chi connectivity index (χ0n) is 14.1. The number of rotatable bonds is 8. The molecular formula is C21H18N2O3. The molecule has 3 rings (SSSR count). The molecule has 0 atom stereocenters. The first-order valence-corrected chi connectivity index (χ1v) is 8.20. The van der Waals surface area contributed by atoms with E-state index in [1.165, 1.54) is 18.4 Å². The Morgan fingerprint density at radius 2 is 1.96 bits per heavy atom. The minimum absolute atomic E-state index is 0.188. The number of ether oxygens (including phenoxy) is 1. The van der Waals surface area contributed by atoms with Crippen LogP contribution in [-0.4, -0.2) is 21.5 Å². The van der Waals surface area contributed by atoms with Crippen molar-refractivity contribution in [1.29, 1.82) is 0 Å². The van der Waals surface area contributed by atoms with Crippen LogP contribution in [0.4, 0.5) is 0 Å². The summed E-state index contributed by atoms with van der Waals surface area (Å²) in [5, 5.41) is 1.07. The van der Waals surface area contributed by atoms with Crippen LogP contribution in [0.5, 0.6) is 0 Å². The van der Waals surface area contributed by atoms with E-state index in [-0.39, 0.29) is 24.6 Å². The van der Waals surface area contributed by atoms with E-state index in [0.717, 1.165) is 22.2 Å². The van der Waals surface area contributed by atoms with Crippen molar-refractivity contribution in [2.75, 3.05) is 0 Å². The molecule has 0 aliphatic carbocycles. The number of fused-ring (bicyclic) bond motifs is 1. The van der Waals surface area contributed by atoms with E-state index in [1.807, 2.05) is 48.7 Å². The summed E-state index contributed by atoms with van der Waals surface area (Å²) in [6.07, 6.45) is 9.05. The van der Waals surface area contributed by atoms with E-state index in [2.05, 4.69) is 9.97 Å². The quantitative estimate of drug-likeness (QED) is 0.382. The van der Waals surface area contributed by atoms with Crippen molar-refractivity contribution >= 4 is 28.5 Å². The minimum atomic E-state index is -0.304. The summed E-state index contributed by atoms with van der Waals surface area (Å²) in [4.78, 5) is 30.9. The van der Waals surface area contributed by atoms with E-state index >= 15 is 0 Å². The topological polar surface area (TPSA) is 72.0 Å². The Morgan fingerprint density at radius 1 is 1.08 bits per heavy atom. The number of pyridine rings is 1. The molecule has 1 N–H and O–H groups in total. The van der Waals surface area contributed by atoms with E-state index in [4.69, 9.17) is 4.74 Å². The molecular weight excluding hydrogens is 328 g/mol. The number of carbonyl (C=O) groups excluding carboxylic acids is 2. The Labute approximate surface area is 151 Å². The highest BCUT2D eigenvalue weighted by Gasteiger charge is 2.04. The third kappa shape index (κ3) is 5.01. The smallest absolute Gasteiger partial charge is 0.166 e. The number of nitrogens with one attached hydrogen (secondary N) is 1. The van der Waals surface area contributed by atoms with Gasteiger partial charge in [-0.25, -0.2) is 0 Å². The van der Waals surface area contributed by atoms with Gasteiger partial charge in [0, 0.05) is 24.0 Å². The number of aromatic nitrogens is 2. The molecule has 26 heavy (non-hydrogen) atoms. The van der Waals surface area contributed by atoms with Crippen molar-refractivity contribution in [2.45, 2.75) is 13.0 Å². The van der Waals surface area contributed by atoms with Gasteiger partial charge in [-0.3, -0.25) is 14.6 Å². The zero-order valence-corrected chi connectivity index (χ0v) is 14.1. The SMILES string of the molecule is O=C(/C=C/OCc1ccccn1)CC(=O)/C=C/c1ccc2[nH]ccc2c1. The third-order valence-electron chi connectivity index (χ3n) is 3.70. The Bertz CT molecular complexity index is 956. The second-order valence-corrected chi connectivity index (χ2v) is 5.70. The fourth-order valence-corrected chi connectivity index (χ4v) is 2.40. The molecule has 0 aliphatic rings. The van der Waals surface area contributed by atoms with Gasteiger partial charge in [-0.15, -0.1) is 0 Å². The standard InChI is InChI=1S/C21H18N2O3/c24-19(6-4-16-5-7-21-17(13-16)8-11-23-21)14-20(25)9-12-26-15-18-3-1-2-10-22-18/h1-13,23H,14-15H2/b6-4+,12-9+. The Morgan fingerprint density at radius 3 is 2.81 bits per heavy atom. The third-order valence-corrected chi connectivity index (χ3v) is 3.70. The molecule has 0 aliphatic heterocycles. The van der Waals surface area contributed by atoms with Crippen LogP contribution >= 0.6 is 0 Å². The van der Waals surface area contributed by atoms with Crippen molar-refractivity contribution in [2.24, 2.45) is 0 Å². The van der Waals surface area contributed by atoms with Crippen LogP contribution in [0.15, 0.2) is 73.3 Å². The number of ketones is 2. The Kier molecular flexibility index (Phi) is 5.72. The molecule has 0 radical (unpaired) electrons. The van der Waals surface area contributed by atoms with Gasteiger partial charge in [0.15, 0.2) is 11.6 Å². The molecule has 5 nitrogen and oxygen atoms in total. The van der Waals surface area contributed by atoms with Crippen LogP contribution in [0.1, 0.15) is 17.7 Å². The molecule has 2 heterocycles. The second kappa shape index (κ2) is 8.58. The summed E-state index contributed by atoms with van der Waals surface area (Å²) in [6.45, 7) is 0.278. The summed E-state index contributed by atoms with van der Waals surface area (Å²) in [5.41, 5.74) is 2.72. The van der Waals surface area contributed by atoms with Crippen LogP contribution in [0.3, 0.4) is 0 Å². The number of hydrogen-bond donors (Lipinski definition) is 1. The highest BCUT2D eigenvalue weighted by molar-refractivity contribution is 6.09. The average molecular weight is 346 g/mol. The fraction of sp³-hybridized carbons (Fsp3) is 0.0952. The van der Waals surface area contributed by atoms with Crippen LogP contribution in [-0.2, 0) is 20.9 Å². The molecule has 5 heteroatoms. The zero-order chi connectivity index (χ0) is 18.2. The fourth-order valence-electron chi connectivity index (χ4n) is 2.40. The number of carbonyl (C=O) groups is 2. The number of nitrogens with zero attached hydrogens (tertiary/aromatic N) is 1. The van der Waals surface area contributed by atoms with Gasteiger partial charge in [0.25, 0.3) is 0 Å². The predicted octanol–water partition coefficient (Wildman–Crippen LogP) is 3.83. The molecule has 1 aromatic carbocycles. The summed E-state index contributed by atoms with van der Waals surface area (Å²) in [7, 11) is 0. The Hall–Kier alpha value is -3.47. The maximum atomic E-state index is 11.9. The van der Waals surface area contributed by atoms with E-state index < -0.39 is 0 Å². The number of aromatic amines is 1. The molecule has 2 aromatic heterocycles. The lowest BCUT2D eigenvalue weighted by atomic mass is 10.1. The van der Waals surface area contributed by atoms with Crippen molar-refractivity contribution in [1.82, 2.24) is 9.97 Å². The second-order valence-electron chi connectivity index (χ2n) is 5.70. The van der Waals surface area contributed by atoms with Crippen molar-refractivity contribution < 1.29 is 14.3 Å². The van der Waals surface area contributed by atoms with Crippen molar-refractivity contribution in [3.63, 3.8) is 0 Å². The van der Waals surface area contributed by atoms with Crippen LogP contribution < -0.4 is 0 Å². The maximum Gasteiger partial charge on any atom is 0.166 e. The van der Waals surface area contributed by atoms with Crippen LogP contribution in [0.25, 0.3) is 17.0 Å². The van der Waals surface area contributed by atoms with Crippen molar-refractivity contribution in [3.05, 3.63) is 84.5 Å². The van der Waals surface area contributed by atoms with E-state index in [0.29, 0.717) is 0 Å². The Balaban J connectivity index is 1.46. The van der Waals surface area contributed by atoms with Gasteiger partial charge in [-0.2, -0.15) is 0 Å². The lowest BCUT2D eigenvalue weighted by molar-refractivity contribution is -0.121. The largest absolute Gasteiger partial charge is 0.495 e. The number of hydrogen-bond acceptors (Lipinski definition) is 4. The number of benzene rings is 1. The summed E-state index contributed by atoms with van der Waals surface area (Å²) in [5.74, 6) is -0.555. The molecule has 0 unspecified atom stereocenters. The molecule has 0 saturated heterocycles. The molecule has 0 bridgehead atoms. The average Bonchev–Trinajstić information content (AvgIpc) is 3.12. The molecule has 130 valence electrons. The van der Waals surface area contributed by atoms with Crippen molar-refractivity contribution in [3.8, 4) is 0 Å². The van der Waals surface area contributed by atoms with E-state index in [1.54, 1.807) is 12.3 Å². The van der Waals surface area contributed by atoms with Gasteiger partial charge in [0.1, 0.15) is 6.61 Å². The number of H-pyrrole nitrogens is 1. The number of allylic oxidation sites excluding steroid dienone is 2. The molecule has 0 fully saturated rings. The first-order valence-electron chi connectivity index (χ1n) is 8.20. The normalized spacial score (nSPS) is 11.4. The van der Waals surface area contributed by atoms with Gasteiger partial charge < -0.3 is 9.72 Å². The highest BCUT2D eigenvalue weighted by Crippen LogP contribution is 2.15. The lowest BCUT2D eigenvalue weighted by Crippen LogP contribution is -2.02. The minimum Gasteiger partial charge on any atom is -0.495 e. The van der Waals surface area contributed by atoms with Gasteiger partial charge in [0.2, 0.25) is 0 Å². The first-order chi connectivity index (χ1) is 12.7. The monoisotopic (exact) mass is 346 g/mol. The predicted molar refractivity (Wildman–Crippen MR) is 100 cm³/mol. The molecule has 0 amide bonds. The highest BCUT2D eigenvalue weighted by atomic mass is 16.5. The van der Waals surface area contributed by atoms with Crippen LogP contribution in [0, 0.1) is 0 Å². The van der Waals surface area contributed by atoms with Gasteiger partial charge >= 0.3 is 0 Å². The lowest BCUT2D eigenvalue weighted by Gasteiger charge is -1.99. The van der Waals surface area contributed by atoms with Crippen LogP contribution in [0.2, 0.25) is 0 Å². The van der Waals surface area contributed by atoms with E-state index in [9.17, 15) is 9.59 Å². The maximum absolute atomic E-state index is 11.9. The first kappa shape index (κ1) is 17.4. The molecule has 0 saturated carbocycles. The van der Waals surface area contributed by atoms with Gasteiger partial charge in [-0.1, -0.05) is 18.2 Å². The summed E-state index contributed by atoms with van der Waals surface area (Å²) < 4.78 is 5.24.